The van der Waals surface area contributed by atoms with Gasteiger partial charge in [0.2, 0.25) is 11.8 Å². The van der Waals surface area contributed by atoms with Crippen LogP contribution in [0.3, 0.4) is 0 Å². The minimum Gasteiger partial charge on any atom is -0.492 e. The number of para-hydroxylation sites is 2. The fourth-order valence-corrected chi connectivity index (χ4v) is 5.40. The molecule has 1 atom stereocenters. The van der Waals surface area contributed by atoms with E-state index < -0.39 is 28.5 Å². The van der Waals surface area contributed by atoms with Gasteiger partial charge in [-0.05, 0) is 50.1 Å². The van der Waals surface area contributed by atoms with E-state index in [9.17, 15) is 18.0 Å². The van der Waals surface area contributed by atoms with Gasteiger partial charge in [-0.15, -0.1) is 0 Å². The Morgan fingerprint density at radius 2 is 1.51 bits per heavy atom. The third kappa shape index (κ3) is 6.89. The van der Waals surface area contributed by atoms with Gasteiger partial charge in [0.25, 0.3) is 10.0 Å². The predicted octanol–water partition coefficient (Wildman–Crippen LogP) is 3.49. The van der Waals surface area contributed by atoms with Gasteiger partial charge in [-0.2, -0.15) is 0 Å². The van der Waals surface area contributed by atoms with Crippen molar-refractivity contribution < 1.29 is 22.7 Å². The van der Waals surface area contributed by atoms with Crippen LogP contribution < -0.4 is 14.4 Å². The molecule has 0 bridgehead atoms. The zero-order chi connectivity index (χ0) is 26.8. The maximum atomic E-state index is 13.8. The Hall–Kier alpha value is -3.85. The SMILES string of the molecule is CCOc1ccccc1N(CC(=O)N(CCc1ccccc1)[C@H](C)C(=O)NC)S(=O)(=O)c1ccccc1. The molecule has 0 spiro atoms. The molecule has 2 amide bonds. The van der Waals surface area contributed by atoms with Gasteiger partial charge in [0.15, 0.2) is 0 Å². The number of sulfonamides is 1. The predicted molar refractivity (Wildman–Crippen MR) is 144 cm³/mol. The lowest BCUT2D eigenvalue weighted by Crippen LogP contribution is -2.51. The quantitative estimate of drug-likeness (QED) is 0.392. The molecule has 3 aromatic rings. The average Bonchev–Trinajstić information content (AvgIpc) is 2.93. The largest absolute Gasteiger partial charge is 0.492 e. The third-order valence-electron chi connectivity index (χ3n) is 5.94. The number of ether oxygens (including phenoxy) is 1. The van der Waals surface area contributed by atoms with Gasteiger partial charge < -0.3 is 15.0 Å². The Balaban J connectivity index is 2.01. The lowest BCUT2D eigenvalue weighted by Gasteiger charge is -2.32. The molecule has 0 aliphatic carbocycles. The minimum absolute atomic E-state index is 0.0456. The van der Waals surface area contributed by atoms with E-state index in [2.05, 4.69) is 5.32 Å². The maximum Gasteiger partial charge on any atom is 0.264 e. The van der Waals surface area contributed by atoms with Gasteiger partial charge in [-0.3, -0.25) is 13.9 Å². The van der Waals surface area contributed by atoms with Crippen molar-refractivity contribution >= 4 is 27.5 Å². The molecule has 0 aliphatic rings. The van der Waals surface area contributed by atoms with Gasteiger partial charge >= 0.3 is 0 Å². The summed E-state index contributed by atoms with van der Waals surface area (Å²) in [6.45, 7) is 3.49. The molecule has 0 saturated heterocycles. The molecule has 1 N–H and O–H groups in total. The molecule has 9 heteroatoms. The van der Waals surface area contributed by atoms with Gasteiger partial charge in [-0.25, -0.2) is 8.42 Å². The molecule has 0 aromatic heterocycles. The fraction of sp³-hybridized carbons (Fsp3) is 0.286. The van der Waals surface area contributed by atoms with Crippen LogP contribution >= 0.6 is 0 Å². The van der Waals surface area contributed by atoms with Crippen LogP contribution in [0.25, 0.3) is 0 Å². The van der Waals surface area contributed by atoms with Crippen LogP contribution in [-0.4, -0.2) is 57.9 Å². The van der Waals surface area contributed by atoms with E-state index in [1.807, 2.05) is 30.3 Å². The van der Waals surface area contributed by atoms with E-state index in [1.165, 1.54) is 24.1 Å². The molecular formula is C28H33N3O5S. The molecule has 196 valence electrons. The number of benzene rings is 3. The molecule has 0 fully saturated rings. The number of anilines is 1. The number of carbonyl (C=O) groups excluding carboxylic acids is 2. The van der Waals surface area contributed by atoms with Crippen LogP contribution in [0.2, 0.25) is 0 Å². The zero-order valence-electron chi connectivity index (χ0n) is 21.3. The Kier molecular flexibility index (Phi) is 9.68. The Morgan fingerprint density at radius 1 is 0.919 bits per heavy atom. The third-order valence-corrected chi connectivity index (χ3v) is 7.72. The van der Waals surface area contributed by atoms with Crippen molar-refractivity contribution in [3.05, 3.63) is 90.5 Å². The summed E-state index contributed by atoms with van der Waals surface area (Å²) in [6.07, 6.45) is 0.509. The van der Waals surface area contributed by atoms with Crippen molar-refractivity contribution in [3.63, 3.8) is 0 Å². The van der Waals surface area contributed by atoms with Crippen molar-refractivity contribution in [2.45, 2.75) is 31.2 Å². The van der Waals surface area contributed by atoms with Crippen molar-refractivity contribution in [2.24, 2.45) is 0 Å². The van der Waals surface area contributed by atoms with Gasteiger partial charge in [0.1, 0.15) is 18.3 Å². The first-order chi connectivity index (χ1) is 17.8. The molecule has 8 nitrogen and oxygen atoms in total. The van der Waals surface area contributed by atoms with Crippen molar-refractivity contribution in [2.75, 3.05) is 31.0 Å². The second-order valence-corrected chi connectivity index (χ2v) is 10.2. The fourth-order valence-electron chi connectivity index (χ4n) is 3.95. The highest BCUT2D eigenvalue weighted by atomic mass is 32.2. The molecular weight excluding hydrogens is 490 g/mol. The van der Waals surface area contributed by atoms with Crippen molar-refractivity contribution in [3.8, 4) is 5.75 Å². The molecule has 37 heavy (non-hydrogen) atoms. The molecule has 3 rings (SSSR count). The lowest BCUT2D eigenvalue weighted by atomic mass is 10.1. The van der Waals surface area contributed by atoms with Crippen LogP contribution in [0.5, 0.6) is 5.75 Å². The van der Waals surface area contributed by atoms with Crippen molar-refractivity contribution in [1.82, 2.24) is 10.2 Å². The summed E-state index contributed by atoms with van der Waals surface area (Å²) < 4.78 is 34.4. The highest BCUT2D eigenvalue weighted by Gasteiger charge is 2.33. The molecule has 0 heterocycles. The highest BCUT2D eigenvalue weighted by Crippen LogP contribution is 2.32. The first-order valence-electron chi connectivity index (χ1n) is 12.1. The van der Waals surface area contributed by atoms with E-state index in [0.29, 0.717) is 18.8 Å². The van der Waals surface area contributed by atoms with Crippen LogP contribution in [0.1, 0.15) is 19.4 Å². The first-order valence-corrected chi connectivity index (χ1v) is 13.6. The van der Waals surface area contributed by atoms with E-state index in [0.717, 1.165) is 9.87 Å². The van der Waals surface area contributed by atoms with Gasteiger partial charge in [0, 0.05) is 13.6 Å². The van der Waals surface area contributed by atoms with Crippen LogP contribution in [0.15, 0.2) is 89.8 Å². The summed E-state index contributed by atoms with van der Waals surface area (Å²) in [5.74, 6) is -0.501. The number of likely N-dealkylation sites (N-methyl/N-ethyl adjacent to an activating group) is 1. The Bertz CT molecular complexity index is 1280. The second-order valence-electron chi connectivity index (χ2n) is 8.34. The van der Waals surface area contributed by atoms with Gasteiger partial charge in [0.05, 0.1) is 17.2 Å². The topological polar surface area (TPSA) is 96.0 Å². The first kappa shape index (κ1) is 27.7. The molecule has 3 aromatic carbocycles. The molecule has 0 unspecified atom stereocenters. The van der Waals surface area contributed by atoms with E-state index in [-0.39, 0.29) is 23.0 Å². The summed E-state index contributed by atoms with van der Waals surface area (Å²) in [5, 5.41) is 2.58. The molecule has 0 saturated carbocycles. The molecule has 0 radical (unpaired) electrons. The molecule has 0 aliphatic heterocycles. The monoisotopic (exact) mass is 523 g/mol. The van der Waals surface area contributed by atoms with Crippen LogP contribution in [0.4, 0.5) is 5.69 Å². The minimum atomic E-state index is -4.14. The zero-order valence-corrected chi connectivity index (χ0v) is 22.1. The standard InChI is InChI=1S/C28H33N3O5S/c1-4-36-26-18-12-11-17-25(26)31(37(34,35)24-15-9-6-10-16-24)21-27(32)30(22(2)28(33)29-3)20-19-23-13-7-5-8-14-23/h5-18,22H,4,19-21H2,1-3H3,(H,29,33)/t22-/m1/s1. The van der Waals surface area contributed by atoms with Crippen molar-refractivity contribution in [1.29, 1.82) is 0 Å². The summed E-state index contributed by atoms with van der Waals surface area (Å²) in [4.78, 5) is 27.7. The van der Waals surface area contributed by atoms with E-state index in [4.69, 9.17) is 4.74 Å². The van der Waals surface area contributed by atoms with E-state index in [1.54, 1.807) is 56.3 Å². The Morgan fingerprint density at radius 3 is 2.14 bits per heavy atom. The van der Waals surface area contributed by atoms with E-state index >= 15 is 0 Å². The highest BCUT2D eigenvalue weighted by molar-refractivity contribution is 7.92. The van der Waals surface area contributed by atoms with Gasteiger partial charge in [-0.1, -0.05) is 60.7 Å². The number of nitrogens with zero attached hydrogens (tertiary/aromatic N) is 2. The second kappa shape index (κ2) is 12.9. The maximum absolute atomic E-state index is 13.8. The number of carbonyl (C=O) groups is 2. The summed E-state index contributed by atoms with van der Waals surface area (Å²) in [5.41, 5.74) is 1.25. The number of hydrogen-bond donors (Lipinski definition) is 1. The summed E-state index contributed by atoms with van der Waals surface area (Å²) in [7, 11) is -2.63. The summed E-state index contributed by atoms with van der Waals surface area (Å²) >= 11 is 0. The summed E-state index contributed by atoms with van der Waals surface area (Å²) in [6, 6.07) is 23.4. The lowest BCUT2D eigenvalue weighted by molar-refractivity contribution is -0.138. The van der Waals surface area contributed by atoms with Crippen LogP contribution in [0, 0.1) is 0 Å². The number of rotatable bonds is 12. The van der Waals surface area contributed by atoms with Crippen LogP contribution in [-0.2, 0) is 26.0 Å². The normalized spacial score (nSPS) is 11.9. The number of nitrogens with one attached hydrogen (secondary N) is 1. The number of hydrogen-bond acceptors (Lipinski definition) is 5. The number of amides is 2. The smallest absolute Gasteiger partial charge is 0.264 e. The average molecular weight is 524 g/mol. The Labute approximate surface area is 218 Å².